The predicted molar refractivity (Wildman–Crippen MR) is 71.3 cm³/mol. The molecule has 0 saturated carbocycles. The van der Waals surface area contributed by atoms with Crippen molar-refractivity contribution in [3.63, 3.8) is 0 Å². The van der Waals surface area contributed by atoms with E-state index in [9.17, 15) is 10.2 Å². The quantitative estimate of drug-likeness (QED) is 0.743. The number of hydrogen-bond donors (Lipinski definition) is 3. The fraction of sp³-hybridized carbons (Fsp3) is 0.643. The van der Waals surface area contributed by atoms with Gasteiger partial charge in [0.2, 0.25) is 0 Å². The highest BCUT2D eigenvalue weighted by Crippen LogP contribution is 2.23. The number of nitrogens with one attached hydrogen (secondary N) is 1. The van der Waals surface area contributed by atoms with Crippen LogP contribution in [0.5, 0.6) is 0 Å². The SMILES string of the molecule is Cc1[nH]c(CN2C[C@H](CO)C[C@H](CO)C2)cc1C#N. The number of H-pyrrole nitrogens is 1. The van der Waals surface area contributed by atoms with Gasteiger partial charge in [-0.3, -0.25) is 4.90 Å². The van der Waals surface area contributed by atoms with Gasteiger partial charge in [0.1, 0.15) is 6.07 Å². The van der Waals surface area contributed by atoms with E-state index in [2.05, 4.69) is 16.0 Å². The normalized spacial score (nSPS) is 24.3. The highest BCUT2D eigenvalue weighted by atomic mass is 16.3. The van der Waals surface area contributed by atoms with E-state index in [1.807, 2.05) is 13.0 Å². The second-order valence-corrected chi connectivity index (χ2v) is 5.47. The van der Waals surface area contributed by atoms with Gasteiger partial charge in [-0.15, -0.1) is 0 Å². The van der Waals surface area contributed by atoms with E-state index in [4.69, 9.17) is 5.26 Å². The van der Waals surface area contributed by atoms with Crippen LogP contribution in [0.15, 0.2) is 6.07 Å². The molecule has 0 aliphatic carbocycles. The molecule has 5 heteroatoms. The molecule has 2 heterocycles. The van der Waals surface area contributed by atoms with Crippen molar-refractivity contribution >= 4 is 0 Å². The number of likely N-dealkylation sites (tertiary alicyclic amines) is 1. The van der Waals surface area contributed by atoms with Crippen molar-refractivity contribution in [2.24, 2.45) is 11.8 Å². The monoisotopic (exact) mass is 263 g/mol. The molecule has 104 valence electrons. The Morgan fingerprint density at radius 3 is 2.47 bits per heavy atom. The number of nitrogens with zero attached hydrogens (tertiary/aromatic N) is 2. The fourth-order valence-corrected chi connectivity index (χ4v) is 2.89. The zero-order valence-corrected chi connectivity index (χ0v) is 11.3. The molecule has 1 aliphatic rings. The number of hydrogen-bond acceptors (Lipinski definition) is 4. The maximum Gasteiger partial charge on any atom is 0.101 e. The lowest BCUT2D eigenvalue weighted by Gasteiger charge is -2.36. The van der Waals surface area contributed by atoms with Crippen LogP contribution in [-0.2, 0) is 6.54 Å². The molecule has 5 nitrogen and oxygen atoms in total. The van der Waals surface area contributed by atoms with Gasteiger partial charge in [-0.1, -0.05) is 0 Å². The van der Waals surface area contributed by atoms with Crippen molar-refractivity contribution in [3.05, 3.63) is 23.0 Å². The van der Waals surface area contributed by atoms with Crippen molar-refractivity contribution < 1.29 is 10.2 Å². The summed E-state index contributed by atoms with van der Waals surface area (Å²) in [5.41, 5.74) is 2.60. The molecule has 1 aromatic rings. The van der Waals surface area contributed by atoms with Gasteiger partial charge in [-0.25, -0.2) is 0 Å². The molecule has 19 heavy (non-hydrogen) atoms. The van der Waals surface area contributed by atoms with Gasteiger partial charge in [0.05, 0.1) is 5.56 Å². The zero-order chi connectivity index (χ0) is 13.8. The van der Waals surface area contributed by atoms with Crippen LogP contribution in [0.4, 0.5) is 0 Å². The highest BCUT2D eigenvalue weighted by Gasteiger charge is 2.26. The van der Waals surface area contributed by atoms with Gasteiger partial charge in [-0.05, 0) is 31.2 Å². The van der Waals surface area contributed by atoms with Gasteiger partial charge >= 0.3 is 0 Å². The van der Waals surface area contributed by atoms with Crippen molar-refractivity contribution in [2.75, 3.05) is 26.3 Å². The topological polar surface area (TPSA) is 83.3 Å². The van der Waals surface area contributed by atoms with Gasteiger partial charge < -0.3 is 15.2 Å². The molecule has 3 N–H and O–H groups in total. The van der Waals surface area contributed by atoms with Crippen LogP contribution in [0.1, 0.15) is 23.4 Å². The van der Waals surface area contributed by atoms with Crippen molar-refractivity contribution in [2.45, 2.75) is 19.9 Å². The number of nitriles is 1. The van der Waals surface area contributed by atoms with Crippen molar-refractivity contribution in [1.82, 2.24) is 9.88 Å². The number of piperidine rings is 1. The molecule has 0 bridgehead atoms. The fourth-order valence-electron chi connectivity index (χ4n) is 2.89. The molecule has 0 spiro atoms. The molecule has 0 amide bonds. The number of rotatable bonds is 4. The Bertz CT molecular complexity index is 452. The Balaban J connectivity index is 2.02. The summed E-state index contributed by atoms with van der Waals surface area (Å²) in [5.74, 6) is 0.467. The van der Waals surface area contributed by atoms with E-state index in [1.54, 1.807) is 0 Å². The summed E-state index contributed by atoms with van der Waals surface area (Å²) in [4.78, 5) is 5.45. The molecule has 1 aromatic heterocycles. The highest BCUT2D eigenvalue weighted by molar-refractivity contribution is 5.35. The standard InChI is InChI=1S/C14H21N3O2/c1-10-13(4-15)3-14(16-10)7-17-5-11(8-18)2-12(6-17)9-19/h3,11-12,16,18-19H,2,5-9H2,1H3/t11-,12+. The van der Waals surface area contributed by atoms with E-state index in [-0.39, 0.29) is 25.0 Å². The second kappa shape index (κ2) is 6.20. The van der Waals surface area contributed by atoms with E-state index < -0.39 is 0 Å². The van der Waals surface area contributed by atoms with E-state index in [1.165, 1.54) is 0 Å². The largest absolute Gasteiger partial charge is 0.396 e. The average Bonchev–Trinajstić information content (AvgIpc) is 2.78. The molecule has 0 radical (unpaired) electrons. The summed E-state index contributed by atoms with van der Waals surface area (Å²) >= 11 is 0. The summed E-state index contributed by atoms with van der Waals surface area (Å²) in [6.07, 6.45) is 0.886. The van der Waals surface area contributed by atoms with Gasteiger partial charge in [0, 0.05) is 44.2 Å². The lowest BCUT2D eigenvalue weighted by Crippen LogP contribution is -2.42. The van der Waals surface area contributed by atoms with Crippen LogP contribution >= 0.6 is 0 Å². The molecule has 2 atom stereocenters. The van der Waals surface area contributed by atoms with E-state index >= 15 is 0 Å². The third-order valence-corrected chi connectivity index (χ3v) is 3.80. The molecular formula is C14H21N3O2. The summed E-state index contributed by atoms with van der Waals surface area (Å²) in [6, 6.07) is 4.04. The number of aromatic amines is 1. The Hall–Kier alpha value is -1.35. The number of aliphatic hydroxyl groups is 2. The maximum atomic E-state index is 9.32. The maximum absolute atomic E-state index is 9.32. The van der Waals surface area contributed by atoms with Gasteiger partial charge in [0.15, 0.2) is 0 Å². The summed E-state index contributed by atoms with van der Waals surface area (Å²) in [5, 5.41) is 27.6. The first-order chi connectivity index (χ1) is 9.16. The number of aromatic nitrogens is 1. The number of aryl methyl sites for hydroxylation is 1. The predicted octanol–water partition coefficient (Wildman–Crippen LogP) is 0.617. The molecule has 2 rings (SSSR count). The summed E-state index contributed by atoms with van der Waals surface area (Å²) < 4.78 is 0. The Labute approximate surface area is 113 Å². The first-order valence-corrected chi connectivity index (χ1v) is 6.69. The van der Waals surface area contributed by atoms with Crippen LogP contribution < -0.4 is 0 Å². The van der Waals surface area contributed by atoms with Crippen LogP contribution in [0, 0.1) is 30.1 Å². The Morgan fingerprint density at radius 2 is 2.00 bits per heavy atom. The third kappa shape index (κ3) is 3.35. The van der Waals surface area contributed by atoms with Crippen LogP contribution in [-0.4, -0.2) is 46.4 Å². The smallest absolute Gasteiger partial charge is 0.101 e. The molecule has 0 aromatic carbocycles. The minimum absolute atomic E-state index is 0.167. The van der Waals surface area contributed by atoms with E-state index in [0.717, 1.165) is 37.4 Å². The van der Waals surface area contributed by atoms with Crippen LogP contribution in [0.3, 0.4) is 0 Å². The lowest BCUT2D eigenvalue weighted by molar-refractivity contribution is 0.0533. The first-order valence-electron chi connectivity index (χ1n) is 6.69. The van der Waals surface area contributed by atoms with Crippen LogP contribution in [0.2, 0.25) is 0 Å². The minimum atomic E-state index is 0.167. The van der Waals surface area contributed by atoms with Crippen molar-refractivity contribution in [3.8, 4) is 6.07 Å². The molecule has 1 fully saturated rings. The molecular weight excluding hydrogens is 242 g/mol. The number of aliphatic hydroxyl groups excluding tert-OH is 2. The van der Waals surface area contributed by atoms with Crippen molar-refractivity contribution in [1.29, 1.82) is 5.26 Å². The van der Waals surface area contributed by atoms with Gasteiger partial charge in [-0.2, -0.15) is 5.26 Å². The van der Waals surface area contributed by atoms with Gasteiger partial charge in [0.25, 0.3) is 0 Å². The minimum Gasteiger partial charge on any atom is -0.396 e. The average molecular weight is 263 g/mol. The third-order valence-electron chi connectivity index (χ3n) is 3.80. The first kappa shape index (κ1) is 14.1. The molecule has 0 unspecified atom stereocenters. The second-order valence-electron chi connectivity index (χ2n) is 5.47. The summed E-state index contributed by atoms with van der Waals surface area (Å²) in [7, 11) is 0. The zero-order valence-electron chi connectivity index (χ0n) is 11.3. The van der Waals surface area contributed by atoms with E-state index in [0.29, 0.717) is 5.56 Å². The Kier molecular flexibility index (Phi) is 4.59. The summed E-state index contributed by atoms with van der Waals surface area (Å²) in [6.45, 7) is 4.64. The molecule has 1 saturated heterocycles. The lowest BCUT2D eigenvalue weighted by atomic mass is 9.90. The van der Waals surface area contributed by atoms with Crippen LogP contribution in [0.25, 0.3) is 0 Å². The Morgan fingerprint density at radius 1 is 1.37 bits per heavy atom. The molecule has 1 aliphatic heterocycles.